The third-order valence-electron chi connectivity index (χ3n) is 2.15. The topological polar surface area (TPSA) is 49.7 Å². The molecule has 1 aromatic carbocycles. The van der Waals surface area contributed by atoms with E-state index in [1.54, 1.807) is 0 Å². The largest absolute Gasteiger partial charge is 0.512 e. The van der Waals surface area contributed by atoms with Crippen molar-refractivity contribution in [3.8, 4) is 0 Å². The molecule has 0 fully saturated rings. The highest BCUT2D eigenvalue weighted by molar-refractivity contribution is 6.12. The third-order valence-corrected chi connectivity index (χ3v) is 2.15. The van der Waals surface area contributed by atoms with Crippen LogP contribution in [-0.2, 0) is 4.79 Å². The van der Waals surface area contributed by atoms with Crippen LogP contribution in [-0.4, -0.2) is 17.1 Å². The van der Waals surface area contributed by atoms with Crippen LogP contribution in [0.3, 0.4) is 0 Å². The molecule has 1 rings (SSSR count). The van der Waals surface area contributed by atoms with E-state index in [0.29, 0.717) is 0 Å². The van der Waals surface area contributed by atoms with E-state index in [9.17, 15) is 9.90 Å². The first-order chi connectivity index (χ1) is 7.50. The lowest BCUT2D eigenvalue weighted by molar-refractivity contribution is -0.113. The molecule has 0 spiro atoms. The monoisotopic (exact) mass is 217 g/mol. The lowest BCUT2D eigenvalue weighted by atomic mass is 10.2. The zero-order chi connectivity index (χ0) is 12.1. The van der Waals surface area contributed by atoms with Crippen molar-refractivity contribution in [2.24, 2.45) is 4.99 Å². The Morgan fingerprint density at radius 2 is 1.81 bits per heavy atom. The summed E-state index contributed by atoms with van der Waals surface area (Å²) >= 11 is 0. The van der Waals surface area contributed by atoms with E-state index in [0.717, 1.165) is 11.3 Å². The van der Waals surface area contributed by atoms with Gasteiger partial charge >= 0.3 is 0 Å². The molecule has 84 valence electrons. The summed E-state index contributed by atoms with van der Waals surface area (Å²) in [4.78, 5) is 15.3. The van der Waals surface area contributed by atoms with Crippen molar-refractivity contribution in [1.29, 1.82) is 0 Å². The standard InChI is InChI=1S/C13H15NO2/c1-9-4-6-12(7-5-9)14-8-13(10(2)15)11(3)16/h4-8,15H,1-3H3. The number of benzene rings is 1. The molecule has 0 aliphatic rings. The number of nitrogens with zero attached hydrogens (tertiary/aromatic N) is 1. The summed E-state index contributed by atoms with van der Waals surface area (Å²) in [5.74, 6) is -0.209. The van der Waals surface area contributed by atoms with Crippen molar-refractivity contribution in [3.63, 3.8) is 0 Å². The van der Waals surface area contributed by atoms with Crippen LogP contribution >= 0.6 is 0 Å². The molecule has 1 aromatic rings. The molecule has 0 aliphatic carbocycles. The Labute approximate surface area is 95.1 Å². The highest BCUT2D eigenvalue weighted by atomic mass is 16.3. The number of aliphatic hydroxyl groups is 1. The van der Waals surface area contributed by atoms with Gasteiger partial charge < -0.3 is 5.11 Å². The van der Waals surface area contributed by atoms with Gasteiger partial charge in [-0.3, -0.25) is 9.79 Å². The number of allylic oxidation sites excluding steroid dienone is 2. The molecule has 0 heterocycles. The maximum Gasteiger partial charge on any atom is 0.164 e. The van der Waals surface area contributed by atoms with Gasteiger partial charge in [0.1, 0.15) is 5.76 Å². The molecule has 0 aromatic heterocycles. The van der Waals surface area contributed by atoms with E-state index in [1.165, 1.54) is 20.1 Å². The smallest absolute Gasteiger partial charge is 0.164 e. The first-order valence-electron chi connectivity index (χ1n) is 5.02. The zero-order valence-corrected chi connectivity index (χ0v) is 9.69. The first-order valence-corrected chi connectivity index (χ1v) is 5.02. The summed E-state index contributed by atoms with van der Waals surface area (Å²) in [6.45, 7) is 4.86. The SMILES string of the molecule is CC(=O)C(C=Nc1ccc(C)cc1)=C(C)O. The summed E-state index contributed by atoms with van der Waals surface area (Å²) in [5, 5.41) is 9.27. The van der Waals surface area contributed by atoms with Crippen LogP contribution in [0.25, 0.3) is 0 Å². The van der Waals surface area contributed by atoms with E-state index in [4.69, 9.17) is 0 Å². The molecular weight excluding hydrogens is 202 g/mol. The Kier molecular flexibility index (Phi) is 4.00. The van der Waals surface area contributed by atoms with Gasteiger partial charge in [-0.15, -0.1) is 0 Å². The Balaban J connectivity index is 2.92. The van der Waals surface area contributed by atoms with Crippen LogP contribution in [0, 0.1) is 6.92 Å². The lowest BCUT2D eigenvalue weighted by Crippen LogP contribution is -2.01. The molecule has 0 bridgehead atoms. The van der Waals surface area contributed by atoms with Gasteiger partial charge in [0.15, 0.2) is 5.78 Å². The number of aliphatic imine (C=N–C) groups is 1. The average Bonchev–Trinajstić information content (AvgIpc) is 2.20. The quantitative estimate of drug-likeness (QED) is 0.480. The summed E-state index contributed by atoms with van der Waals surface area (Å²) in [5.41, 5.74) is 2.14. The normalized spacial score (nSPS) is 12.7. The predicted octanol–water partition coefficient (Wildman–Crippen LogP) is 3.12. The van der Waals surface area contributed by atoms with Crippen LogP contribution in [0.1, 0.15) is 19.4 Å². The summed E-state index contributed by atoms with van der Waals surface area (Å²) in [6.07, 6.45) is 1.39. The van der Waals surface area contributed by atoms with Crippen LogP contribution < -0.4 is 0 Å². The Morgan fingerprint density at radius 3 is 2.25 bits per heavy atom. The first kappa shape index (κ1) is 12.2. The predicted molar refractivity (Wildman–Crippen MR) is 65.3 cm³/mol. The van der Waals surface area contributed by atoms with Crippen molar-refractivity contribution >= 4 is 17.7 Å². The van der Waals surface area contributed by atoms with Crippen molar-refractivity contribution < 1.29 is 9.90 Å². The van der Waals surface area contributed by atoms with Gasteiger partial charge in [-0.2, -0.15) is 0 Å². The second kappa shape index (κ2) is 5.26. The number of Topliss-reactive ketones (excluding diaryl/α,β-unsaturated/α-hetero) is 1. The van der Waals surface area contributed by atoms with E-state index >= 15 is 0 Å². The van der Waals surface area contributed by atoms with Gasteiger partial charge in [-0.05, 0) is 32.9 Å². The van der Waals surface area contributed by atoms with Crippen molar-refractivity contribution in [3.05, 3.63) is 41.2 Å². The lowest BCUT2D eigenvalue weighted by Gasteiger charge is -1.98. The third kappa shape index (κ3) is 3.35. The maximum atomic E-state index is 11.2. The summed E-state index contributed by atoms with van der Waals surface area (Å²) in [6, 6.07) is 7.60. The van der Waals surface area contributed by atoms with Gasteiger partial charge in [-0.1, -0.05) is 17.7 Å². The molecule has 16 heavy (non-hydrogen) atoms. The minimum absolute atomic E-state index is 0.0108. The minimum Gasteiger partial charge on any atom is -0.512 e. The van der Waals surface area contributed by atoms with E-state index in [-0.39, 0.29) is 17.1 Å². The summed E-state index contributed by atoms with van der Waals surface area (Å²) < 4.78 is 0. The molecule has 0 saturated heterocycles. The second-order valence-corrected chi connectivity index (χ2v) is 3.65. The fourth-order valence-electron chi connectivity index (χ4n) is 1.21. The molecule has 0 amide bonds. The second-order valence-electron chi connectivity index (χ2n) is 3.65. The molecule has 0 atom stereocenters. The van der Waals surface area contributed by atoms with E-state index in [2.05, 4.69) is 4.99 Å². The molecule has 1 N–H and O–H groups in total. The number of aryl methyl sites for hydroxylation is 1. The molecule has 0 saturated carbocycles. The zero-order valence-electron chi connectivity index (χ0n) is 9.69. The van der Waals surface area contributed by atoms with Crippen molar-refractivity contribution in [1.82, 2.24) is 0 Å². The fraction of sp³-hybridized carbons (Fsp3) is 0.231. The molecule has 3 heteroatoms. The van der Waals surface area contributed by atoms with Gasteiger partial charge in [0, 0.05) is 6.21 Å². The van der Waals surface area contributed by atoms with Gasteiger partial charge in [-0.25, -0.2) is 0 Å². The molecule has 0 unspecified atom stereocenters. The highest BCUT2D eigenvalue weighted by Crippen LogP contribution is 2.12. The Morgan fingerprint density at radius 1 is 1.25 bits per heavy atom. The minimum atomic E-state index is -0.198. The molecule has 3 nitrogen and oxygen atoms in total. The van der Waals surface area contributed by atoms with E-state index < -0.39 is 0 Å². The summed E-state index contributed by atoms with van der Waals surface area (Å²) in [7, 11) is 0. The number of carbonyl (C=O) groups is 1. The number of hydrogen-bond donors (Lipinski definition) is 1. The molecule has 0 radical (unpaired) electrons. The number of aliphatic hydroxyl groups excluding tert-OH is 1. The maximum absolute atomic E-state index is 11.2. The van der Waals surface area contributed by atoms with Crippen LogP contribution in [0.4, 0.5) is 5.69 Å². The van der Waals surface area contributed by atoms with Crippen LogP contribution in [0.2, 0.25) is 0 Å². The number of carbonyl (C=O) groups excluding carboxylic acids is 1. The molecule has 0 aliphatic heterocycles. The van der Waals surface area contributed by atoms with Crippen molar-refractivity contribution in [2.45, 2.75) is 20.8 Å². The molecular formula is C13H15NO2. The number of rotatable bonds is 3. The van der Waals surface area contributed by atoms with Gasteiger partial charge in [0.25, 0.3) is 0 Å². The average molecular weight is 217 g/mol. The number of ketones is 1. The Hall–Kier alpha value is -1.90. The highest BCUT2D eigenvalue weighted by Gasteiger charge is 2.04. The fourth-order valence-corrected chi connectivity index (χ4v) is 1.21. The number of hydrogen-bond acceptors (Lipinski definition) is 3. The Bertz CT molecular complexity index is 438. The van der Waals surface area contributed by atoms with Crippen molar-refractivity contribution in [2.75, 3.05) is 0 Å². The van der Waals surface area contributed by atoms with Crippen LogP contribution in [0.15, 0.2) is 40.6 Å². The van der Waals surface area contributed by atoms with E-state index in [1.807, 2.05) is 31.2 Å². The van der Waals surface area contributed by atoms with Crippen LogP contribution in [0.5, 0.6) is 0 Å². The van der Waals surface area contributed by atoms with Gasteiger partial charge in [0.05, 0.1) is 11.3 Å². The van der Waals surface area contributed by atoms with Gasteiger partial charge in [0.2, 0.25) is 0 Å².